The number of rotatable bonds is 6. The summed E-state index contributed by atoms with van der Waals surface area (Å²) in [6, 6.07) is 0. The highest BCUT2D eigenvalue weighted by Gasteiger charge is 2.12. The van der Waals surface area contributed by atoms with E-state index in [9.17, 15) is 0 Å². The Balaban J connectivity index is 1.86. The first-order valence-corrected chi connectivity index (χ1v) is 5.63. The summed E-state index contributed by atoms with van der Waals surface area (Å²) in [7, 11) is 0. The highest BCUT2D eigenvalue weighted by Crippen LogP contribution is 2.20. The zero-order chi connectivity index (χ0) is 9.36. The van der Waals surface area contributed by atoms with Gasteiger partial charge in [-0.1, -0.05) is 19.3 Å². The van der Waals surface area contributed by atoms with Crippen LogP contribution < -0.4 is 0 Å². The third kappa shape index (κ3) is 5.27. The van der Waals surface area contributed by atoms with Crippen LogP contribution in [0.5, 0.6) is 0 Å². The number of hydrogen-bond acceptors (Lipinski definition) is 2. The van der Waals surface area contributed by atoms with Crippen molar-refractivity contribution < 1.29 is 9.47 Å². The molecule has 0 spiro atoms. The Morgan fingerprint density at radius 3 is 2.54 bits per heavy atom. The van der Waals surface area contributed by atoms with E-state index in [4.69, 9.17) is 9.47 Å². The summed E-state index contributed by atoms with van der Waals surface area (Å²) in [6.07, 6.45) is 8.26. The van der Waals surface area contributed by atoms with Crippen LogP contribution in [0.4, 0.5) is 0 Å². The SMILES string of the molecule is CCOCCCOC1CCCCC1. The molecule has 0 bridgehead atoms. The summed E-state index contributed by atoms with van der Waals surface area (Å²) in [6.45, 7) is 4.58. The topological polar surface area (TPSA) is 18.5 Å². The van der Waals surface area contributed by atoms with Crippen molar-refractivity contribution in [2.24, 2.45) is 0 Å². The van der Waals surface area contributed by atoms with E-state index in [0.717, 1.165) is 26.2 Å². The van der Waals surface area contributed by atoms with Crippen molar-refractivity contribution >= 4 is 0 Å². The largest absolute Gasteiger partial charge is 0.382 e. The monoisotopic (exact) mass is 186 g/mol. The Hall–Kier alpha value is -0.0800. The summed E-state index contributed by atoms with van der Waals surface area (Å²) in [5, 5.41) is 0. The third-order valence-corrected chi connectivity index (χ3v) is 2.54. The van der Waals surface area contributed by atoms with Crippen molar-refractivity contribution in [3.05, 3.63) is 0 Å². The molecule has 2 nitrogen and oxygen atoms in total. The van der Waals surface area contributed by atoms with Gasteiger partial charge >= 0.3 is 0 Å². The minimum absolute atomic E-state index is 0.551. The quantitative estimate of drug-likeness (QED) is 0.594. The number of ether oxygens (including phenoxy) is 2. The molecular formula is C11H22O2. The summed E-state index contributed by atoms with van der Waals surface area (Å²) >= 11 is 0. The maximum Gasteiger partial charge on any atom is 0.0575 e. The van der Waals surface area contributed by atoms with Crippen molar-refractivity contribution in [1.82, 2.24) is 0 Å². The molecule has 1 aliphatic carbocycles. The van der Waals surface area contributed by atoms with Gasteiger partial charge in [0.1, 0.15) is 0 Å². The van der Waals surface area contributed by atoms with Crippen LogP contribution in [0.25, 0.3) is 0 Å². The predicted molar refractivity (Wildman–Crippen MR) is 53.9 cm³/mol. The minimum Gasteiger partial charge on any atom is -0.382 e. The lowest BCUT2D eigenvalue weighted by Gasteiger charge is -2.21. The second-order valence-electron chi connectivity index (χ2n) is 3.68. The van der Waals surface area contributed by atoms with Crippen molar-refractivity contribution in [3.63, 3.8) is 0 Å². The smallest absolute Gasteiger partial charge is 0.0575 e. The Bertz CT molecular complexity index is 109. The zero-order valence-corrected chi connectivity index (χ0v) is 8.76. The van der Waals surface area contributed by atoms with Gasteiger partial charge in [-0.15, -0.1) is 0 Å². The minimum atomic E-state index is 0.551. The van der Waals surface area contributed by atoms with Gasteiger partial charge in [0.2, 0.25) is 0 Å². The van der Waals surface area contributed by atoms with E-state index in [2.05, 4.69) is 0 Å². The molecule has 0 N–H and O–H groups in total. The predicted octanol–water partition coefficient (Wildman–Crippen LogP) is 2.76. The van der Waals surface area contributed by atoms with Crippen LogP contribution in [0.15, 0.2) is 0 Å². The first kappa shape index (κ1) is 11.0. The second kappa shape index (κ2) is 7.34. The highest BCUT2D eigenvalue weighted by molar-refractivity contribution is 4.64. The van der Waals surface area contributed by atoms with Crippen LogP contribution in [0, 0.1) is 0 Å². The van der Waals surface area contributed by atoms with Gasteiger partial charge in [0.25, 0.3) is 0 Å². The fourth-order valence-corrected chi connectivity index (χ4v) is 1.79. The maximum atomic E-state index is 5.75. The van der Waals surface area contributed by atoms with E-state index in [1.807, 2.05) is 6.92 Å². The van der Waals surface area contributed by atoms with Crippen LogP contribution in [0.1, 0.15) is 45.4 Å². The Kier molecular flexibility index (Phi) is 6.21. The second-order valence-corrected chi connectivity index (χ2v) is 3.68. The van der Waals surface area contributed by atoms with Gasteiger partial charge in [-0.3, -0.25) is 0 Å². The Morgan fingerprint density at radius 1 is 1.08 bits per heavy atom. The summed E-state index contributed by atoms with van der Waals surface area (Å²) in [5.74, 6) is 0. The molecule has 78 valence electrons. The van der Waals surface area contributed by atoms with Crippen LogP contribution in [0.3, 0.4) is 0 Å². The van der Waals surface area contributed by atoms with Gasteiger partial charge in [-0.25, -0.2) is 0 Å². The van der Waals surface area contributed by atoms with Crippen molar-refractivity contribution in [1.29, 1.82) is 0 Å². The molecule has 1 rings (SSSR count). The van der Waals surface area contributed by atoms with Crippen LogP contribution in [-0.4, -0.2) is 25.9 Å². The molecule has 1 aliphatic rings. The highest BCUT2D eigenvalue weighted by atomic mass is 16.5. The molecule has 0 radical (unpaired) electrons. The molecule has 0 aromatic heterocycles. The van der Waals surface area contributed by atoms with Crippen molar-refractivity contribution in [2.75, 3.05) is 19.8 Å². The molecule has 0 amide bonds. The molecule has 1 fully saturated rings. The van der Waals surface area contributed by atoms with Crippen LogP contribution in [-0.2, 0) is 9.47 Å². The van der Waals surface area contributed by atoms with Crippen LogP contribution >= 0.6 is 0 Å². The molecule has 0 aliphatic heterocycles. The third-order valence-electron chi connectivity index (χ3n) is 2.54. The van der Waals surface area contributed by atoms with Crippen molar-refractivity contribution in [3.8, 4) is 0 Å². The lowest BCUT2D eigenvalue weighted by Crippen LogP contribution is -2.17. The summed E-state index contributed by atoms with van der Waals surface area (Å²) in [4.78, 5) is 0. The molecule has 0 aromatic rings. The molecule has 0 saturated heterocycles. The van der Waals surface area contributed by atoms with Gasteiger partial charge in [-0.2, -0.15) is 0 Å². The van der Waals surface area contributed by atoms with E-state index < -0.39 is 0 Å². The lowest BCUT2D eigenvalue weighted by atomic mass is 9.98. The van der Waals surface area contributed by atoms with Gasteiger partial charge in [-0.05, 0) is 26.2 Å². The lowest BCUT2D eigenvalue weighted by molar-refractivity contribution is 0.0150. The van der Waals surface area contributed by atoms with E-state index >= 15 is 0 Å². The van der Waals surface area contributed by atoms with Gasteiger partial charge < -0.3 is 9.47 Å². The molecule has 13 heavy (non-hydrogen) atoms. The van der Waals surface area contributed by atoms with Gasteiger partial charge in [0, 0.05) is 19.8 Å². The molecule has 0 aromatic carbocycles. The molecule has 2 heteroatoms. The van der Waals surface area contributed by atoms with Crippen molar-refractivity contribution in [2.45, 2.75) is 51.6 Å². The molecule has 0 unspecified atom stereocenters. The fourth-order valence-electron chi connectivity index (χ4n) is 1.79. The number of hydrogen-bond donors (Lipinski definition) is 0. The van der Waals surface area contributed by atoms with Crippen LogP contribution in [0.2, 0.25) is 0 Å². The molecular weight excluding hydrogens is 164 g/mol. The summed E-state index contributed by atoms with van der Waals surface area (Å²) < 4.78 is 11.0. The van der Waals surface area contributed by atoms with E-state index in [-0.39, 0.29) is 0 Å². The van der Waals surface area contributed by atoms with Gasteiger partial charge in [0.05, 0.1) is 6.10 Å². The Labute approximate surface area is 81.6 Å². The van der Waals surface area contributed by atoms with Gasteiger partial charge in [0.15, 0.2) is 0 Å². The first-order chi connectivity index (χ1) is 6.43. The molecule has 0 heterocycles. The van der Waals surface area contributed by atoms with E-state index in [1.165, 1.54) is 32.1 Å². The molecule has 0 atom stereocenters. The average molecular weight is 186 g/mol. The maximum absolute atomic E-state index is 5.75. The normalized spacial score (nSPS) is 19.2. The van der Waals surface area contributed by atoms with E-state index in [1.54, 1.807) is 0 Å². The first-order valence-electron chi connectivity index (χ1n) is 5.63. The van der Waals surface area contributed by atoms with E-state index in [0.29, 0.717) is 6.10 Å². The summed E-state index contributed by atoms with van der Waals surface area (Å²) in [5.41, 5.74) is 0. The standard InChI is InChI=1S/C11H22O2/c1-2-12-9-6-10-13-11-7-4-3-5-8-11/h11H,2-10H2,1H3. The molecule has 1 saturated carbocycles. The Morgan fingerprint density at radius 2 is 1.85 bits per heavy atom. The fraction of sp³-hybridized carbons (Fsp3) is 1.00. The average Bonchev–Trinajstić information content (AvgIpc) is 2.19. The zero-order valence-electron chi connectivity index (χ0n) is 8.76.